The number of azide groups is 1. The topological polar surface area (TPSA) is 74.8 Å². The Morgan fingerprint density at radius 1 is 1.44 bits per heavy atom. The summed E-state index contributed by atoms with van der Waals surface area (Å²) in [6, 6.07) is 1.87. The van der Waals surface area contributed by atoms with Gasteiger partial charge in [-0.25, -0.2) is 8.78 Å². The van der Waals surface area contributed by atoms with E-state index in [4.69, 9.17) is 11.3 Å². The quantitative estimate of drug-likeness (QED) is 0.275. The summed E-state index contributed by atoms with van der Waals surface area (Å²) in [5.41, 5.74) is 13.6. The molecule has 0 aliphatic heterocycles. The van der Waals surface area contributed by atoms with Crippen molar-refractivity contribution >= 4 is 11.8 Å². The van der Waals surface area contributed by atoms with Crippen LogP contribution in [0.4, 0.5) is 14.5 Å². The highest BCUT2D eigenvalue weighted by Crippen LogP contribution is 2.19. The summed E-state index contributed by atoms with van der Waals surface area (Å²) in [5.74, 6) is -1.46. The minimum absolute atomic E-state index is 0.0959. The third-order valence-electron chi connectivity index (χ3n) is 1.88. The Morgan fingerprint density at radius 3 is 2.88 bits per heavy atom. The summed E-state index contributed by atoms with van der Waals surface area (Å²) < 4.78 is 25.8. The Hall–Kier alpha value is -2.07. The molecule has 0 fully saturated rings. The van der Waals surface area contributed by atoms with Crippen molar-refractivity contribution in [1.29, 1.82) is 0 Å². The van der Waals surface area contributed by atoms with E-state index in [-0.39, 0.29) is 11.3 Å². The van der Waals surface area contributed by atoms with Gasteiger partial charge in [-0.05, 0) is 18.0 Å². The molecule has 6 heteroatoms. The van der Waals surface area contributed by atoms with E-state index in [0.717, 1.165) is 12.1 Å². The van der Waals surface area contributed by atoms with Crippen LogP contribution in [0, 0.1) is 11.6 Å². The molecule has 1 rings (SSSR count). The number of hydrogen-bond donors (Lipinski definition) is 1. The molecule has 4 nitrogen and oxygen atoms in total. The average molecular weight is 224 g/mol. The van der Waals surface area contributed by atoms with E-state index in [9.17, 15) is 8.78 Å². The Labute approximate surface area is 91.0 Å². The molecule has 0 aliphatic carbocycles. The lowest BCUT2D eigenvalue weighted by Crippen LogP contribution is -1.95. The van der Waals surface area contributed by atoms with Gasteiger partial charge in [-0.15, -0.1) is 0 Å². The molecule has 0 aromatic heterocycles. The molecule has 2 N–H and O–H groups in total. The van der Waals surface area contributed by atoms with Gasteiger partial charge in [0.15, 0.2) is 0 Å². The van der Waals surface area contributed by atoms with Crippen LogP contribution in [0.3, 0.4) is 0 Å². The molecule has 1 aromatic carbocycles. The van der Waals surface area contributed by atoms with Crippen molar-refractivity contribution < 1.29 is 8.78 Å². The second kappa shape index (κ2) is 5.72. The number of hydrogen-bond acceptors (Lipinski definition) is 2. The van der Waals surface area contributed by atoms with E-state index in [1.807, 2.05) is 0 Å². The van der Waals surface area contributed by atoms with Crippen LogP contribution in [-0.4, -0.2) is 6.54 Å². The second-order valence-corrected chi connectivity index (χ2v) is 3.04. The molecule has 0 amide bonds. The third-order valence-corrected chi connectivity index (χ3v) is 1.88. The Balaban J connectivity index is 2.76. The van der Waals surface area contributed by atoms with Crippen molar-refractivity contribution in [2.24, 2.45) is 5.11 Å². The fraction of sp³-hybridized carbons (Fsp3) is 0.200. The molecule has 1 aromatic rings. The smallest absolute Gasteiger partial charge is 0.149 e. The van der Waals surface area contributed by atoms with Crippen LogP contribution in [0.5, 0.6) is 0 Å². The van der Waals surface area contributed by atoms with Gasteiger partial charge in [0.1, 0.15) is 11.6 Å². The lowest BCUT2D eigenvalue weighted by atomic mass is 10.1. The maximum atomic E-state index is 13.0. The number of nitrogens with two attached hydrogens (primary N) is 1. The van der Waals surface area contributed by atoms with Crippen molar-refractivity contribution in [2.75, 3.05) is 12.3 Å². The SMILES string of the molecule is [N-]=[N+]=NCCC=Cc1cc(F)cc(F)c1N. The number of benzene rings is 1. The highest BCUT2D eigenvalue weighted by Gasteiger charge is 2.04. The zero-order valence-electron chi connectivity index (χ0n) is 8.40. The highest BCUT2D eigenvalue weighted by atomic mass is 19.1. The van der Waals surface area contributed by atoms with E-state index in [2.05, 4.69) is 10.0 Å². The largest absolute Gasteiger partial charge is 0.396 e. The number of anilines is 1. The van der Waals surface area contributed by atoms with Gasteiger partial charge in [-0.3, -0.25) is 0 Å². The fourth-order valence-electron chi connectivity index (χ4n) is 1.13. The molecule has 0 aliphatic rings. The van der Waals surface area contributed by atoms with Gasteiger partial charge >= 0.3 is 0 Å². The first-order valence-electron chi connectivity index (χ1n) is 4.57. The predicted molar refractivity (Wildman–Crippen MR) is 58.4 cm³/mol. The Morgan fingerprint density at radius 2 is 2.19 bits per heavy atom. The molecule has 0 spiro atoms. The lowest BCUT2D eigenvalue weighted by molar-refractivity contribution is 0.586. The summed E-state index contributed by atoms with van der Waals surface area (Å²) in [4.78, 5) is 2.57. The minimum atomic E-state index is -0.783. The molecule has 0 atom stereocenters. The van der Waals surface area contributed by atoms with Crippen molar-refractivity contribution in [3.63, 3.8) is 0 Å². The summed E-state index contributed by atoms with van der Waals surface area (Å²) in [6.45, 7) is 0.296. The molecule has 0 saturated heterocycles. The highest BCUT2D eigenvalue weighted by molar-refractivity contribution is 5.64. The van der Waals surface area contributed by atoms with Gasteiger partial charge in [0.25, 0.3) is 0 Å². The molecular formula is C10H10F2N4. The van der Waals surface area contributed by atoms with Crippen LogP contribution < -0.4 is 5.73 Å². The van der Waals surface area contributed by atoms with E-state index < -0.39 is 11.6 Å². The molecule has 0 saturated carbocycles. The summed E-state index contributed by atoms with van der Waals surface area (Å²) >= 11 is 0. The monoisotopic (exact) mass is 224 g/mol. The second-order valence-electron chi connectivity index (χ2n) is 3.04. The van der Waals surface area contributed by atoms with Crippen LogP contribution in [0.1, 0.15) is 12.0 Å². The number of nitrogen functional groups attached to an aromatic ring is 1. The van der Waals surface area contributed by atoms with Gasteiger partial charge in [0, 0.05) is 23.1 Å². The van der Waals surface area contributed by atoms with Crippen molar-refractivity contribution in [2.45, 2.75) is 6.42 Å². The Kier molecular flexibility index (Phi) is 4.29. The number of halogens is 2. The van der Waals surface area contributed by atoms with Crippen LogP contribution in [-0.2, 0) is 0 Å². The molecule has 0 unspecified atom stereocenters. The lowest BCUT2D eigenvalue weighted by Gasteiger charge is -2.01. The number of nitrogens with zero attached hydrogens (tertiary/aromatic N) is 3. The van der Waals surface area contributed by atoms with Crippen LogP contribution in [0.15, 0.2) is 23.3 Å². The van der Waals surface area contributed by atoms with Crippen molar-refractivity contribution in [3.8, 4) is 0 Å². The maximum Gasteiger partial charge on any atom is 0.149 e. The zero-order valence-corrected chi connectivity index (χ0v) is 8.40. The first-order chi connectivity index (χ1) is 7.65. The molecule has 0 bridgehead atoms. The van der Waals surface area contributed by atoms with Crippen LogP contribution >= 0.6 is 0 Å². The van der Waals surface area contributed by atoms with E-state index in [0.29, 0.717) is 13.0 Å². The van der Waals surface area contributed by atoms with E-state index in [1.165, 1.54) is 6.08 Å². The minimum Gasteiger partial charge on any atom is -0.396 e. The Bertz CT molecular complexity index is 450. The maximum absolute atomic E-state index is 13.0. The van der Waals surface area contributed by atoms with Crippen LogP contribution in [0.2, 0.25) is 0 Å². The molecular weight excluding hydrogens is 214 g/mol. The molecule has 0 heterocycles. The van der Waals surface area contributed by atoms with E-state index >= 15 is 0 Å². The van der Waals surface area contributed by atoms with Gasteiger partial charge in [0.05, 0.1) is 5.69 Å². The summed E-state index contributed by atoms with van der Waals surface area (Å²) in [7, 11) is 0. The van der Waals surface area contributed by atoms with Gasteiger partial charge in [-0.1, -0.05) is 17.3 Å². The van der Waals surface area contributed by atoms with Gasteiger partial charge in [0.2, 0.25) is 0 Å². The average Bonchev–Trinajstić information content (AvgIpc) is 2.24. The van der Waals surface area contributed by atoms with Crippen molar-refractivity contribution in [1.82, 2.24) is 0 Å². The fourth-order valence-corrected chi connectivity index (χ4v) is 1.13. The molecule has 84 valence electrons. The third kappa shape index (κ3) is 3.25. The zero-order chi connectivity index (χ0) is 12.0. The first kappa shape index (κ1) is 12.0. The summed E-state index contributed by atoms with van der Waals surface area (Å²) in [5, 5.41) is 3.31. The first-order valence-corrected chi connectivity index (χ1v) is 4.57. The van der Waals surface area contributed by atoms with Crippen molar-refractivity contribution in [3.05, 3.63) is 45.8 Å². The molecule has 16 heavy (non-hydrogen) atoms. The normalized spacial score (nSPS) is 10.4. The predicted octanol–water partition coefficient (Wildman–Crippen LogP) is 3.26. The summed E-state index contributed by atoms with van der Waals surface area (Å²) in [6.07, 6.45) is 3.62. The molecule has 0 radical (unpaired) electrons. The van der Waals surface area contributed by atoms with E-state index in [1.54, 1.807) is 6.08 Å². The van der Waals surface area contributed by atoms with Crippen LogP contribution in [0.25, 0.3) is 16.5 Å². The van der Waals surface area contributed by atoms with Gasteiger partial charge < -0.3 is 5.73 Å². The van der Waals surface area contributed by atoms with Gasteiger partial charge in [-0.2, -0.15) is 0 Å². The number of rotatable bonds is 4. The standard InChI is InChI=1S/C10H10F2N4/c11-8-5-7(10(13)9(12)6-8)3-1-2-4-15-16-14/h1,3,5-6H,2,4,13H2.